The maximum absolute atomic E-state index is 15.0. The number of carbonyl (C=O) groups is 7. The van der Waals surface area contributed by atoms with Crippen LogP contribution in [-0.4, -0.2) is 133 Å². The van der Waals surface area contributed by atoms with Crippen LogP contribution in [0.2, 0.25) is 18.1 Å². The Balaban J connectivity index is 1.98. The van der Waals surface area contributed by atoms with Crippen LogP contribution in [0.1, 0.15) is 116 Å². The van der Waals surface area contributed by atoms with Crippen molar-refractivity contribution in [3.05, 3.63) is 35.9 Å². The Morgan fingerprint density at radius 2 is 1.10 bits per heavy atom. The molecule has 6 amide bonds. The van der Waals surface area contributed by atoms with Gasteiger partial charge in [-0.1, -0.05) is 92.6 Å². The van der Waals surface area contributed by atoms with Crippen LogP contribution in [-0.2, 0) is 58.7 Å². The summed E-state index contributed by atoms with van der Waals surface area (Å²) in [5, 5.41) is 10.9. The van der Waals surface area contributed by atoms with Crippen LogP contribution in [0.3, 0.4) is 0 Å². The molecular formula is C48H80N6O12Si. The highest BCUT2D eigenvalue weighted by Gasteiger charge is 2.56. The maximum atomic E-state index is 15.0. The van der Waals surface area contributed by atoms with Gasteiger partial charge in [-0.25, -0.2) is 9.59 Å². The Kier molecular flexibility index (Phi) is 18.8. The van der Waals surface area contributed by atoms with Crippen molar-refractivity contribution in [2.45, 2.75) is 202 Å². The number of ether oxygens (including phenoxy) is 4. The average Bonchev–Trinajstić information content (AvgIpc) is 3.61. The van der Waals surface area contributed by atoms with Crippen molar-refractivity contribution in [3.8, 4) is 0 Å². The van der Waals surface area contributed by atoms with Crippen molar-refractivity contribution in [2.75, 3.05) is 7.11 Å². The first kappa shape index (κ1) is 56.7. The maximum Gasteiger partial charge on any atom is 0.408 e. The van der Waals surface area contributed by atoms with Crippen LogP contribution in [0.25, 0.3) is 0 Å². The minimum atomic E-state index is -2.58. The number of carbonyl (C=O) groups excluding carboxylic acids is 7. The summed E-state index contributed by atoms with van der Waals surface area (Å²) in [7, 11) is -1.35. The number of hydrogen-bond donors (Lipinski definition) is 4. The fraction of sp³-hybridized carbons (Fsp3) is 0.729. The van der Waals surface area contributed by atoms with Gasteiger partial charge in [-0.3, -0.25) is 33.8 Å². The summed E-state index contributed by atoms with van der Waals surface area (Å²) in [6, 6.07) is 1.83. The van der Waals surface area contributed by atoms with Crippen molar-refractivity contribution in [1.82, 2.24) is 31.1 Å². The third-order valence-corrected chi connectivity index (χ3v) is 17.5. The zero-order valence-corrected chi connectivity index (χ0v) is 44.3. The number of nitrogens with one attached hydrogen (secondary N) is 4. The normalized spacial score (nSPS) is 22.7. The zero-order chi connectivity index (χ0) is 51.3. The van der Waals surface area contributed by atoms with E-state index in [1.165, 1.54) is 16.9 Å². The fourth-order valence-electron chi connectivity index (χ4n) is 8.38. The van der Waals surface area contributed by atoms with Crippen LogP contribution >= 0.6 is 0 Å². The molecule has 0 unspecified atom stereocenters. The Bertz CT molecular complexity index is 1940. The van der Waals surface area contributed by atoms with Gasteiger partial charge < -0.3 is 44.6 Å². The number of amides is 6. The van der Waals surface area contributed by atoms with Crippen molar-refractivity contribution < 1.29 is 56.9 Å². The van der Waals surface area contributed by atoms with E-state index in [0.717, 1.165) is 5.56 Å². The van der Waals surface area contributed by atoms with Gasteiger partial charge in [0.1, 0.15) is 48.3 Å². The molecule has 2 aliphatic heterocycles. The Morgan fingerprint density at radius 3 is 1.57 bits per heavy atom. The van der Waals surface area contributed by atoms with Crippen LogP contribution in [0.5, 0.6) is 0 Å². The molecule has 18 nitrogen and oxygen atoms in total. The standard InChI is InChI=1S/C48H80N6O12Si/c1-26(2)33(52-45(61)63-25-32-23-21-20-22-24-32)39(55)51-36(29(7)66-67(18,19)46(10,11)12)40(56)49-34(27(3)4)42(58)53-37(30(8)64-47(53,13)14)41(57)50-35(28(5)6)43(59)54-38(44(60)62-17)31(9)65-48(54,15)16/h20-24,26-31,33-38H,25H2,1-19H3,(H,49,56)(H,50,57)(H,51,55)(H,52,61)/t29-,30-,31-,33+,34+,35+,36+,37+,38+/m1/s1. The van der Waals surface area contributed by atoms with Gasteiger partial charge in [0.05, 0.1) is 25.4 Å². The number of rotatable bonds is 18. The molecular weight excluding hydrogens is 881 g/mol. The summed E-state index contributed by atoms with van der Waals surface area (Å²) < 4.78 is 29.4. The largest absolute Gasteiger partial charge is 0.467 e. The number of nitrogens with zero attached hydrogens (tertiary/aromatic N) is 2. The van der Waals surface area contributed by atoms with E-state index in [0.29, 0.717) is 0 Å². The molecule has 19 heteroatoms. The summed E-state index contributed by atoms with van der Waals surface area (Å²) in [6.45, 7) is 32.1. The van der Waals surface area contributed by atoms with E-state index in [-0.39, 0.29) is 11.6 Å². The number of hydrogen-bond acceptors (Lipinski definition) is 12. The van der Waals surface area contributed by atoms with Crippen LogP contribution in [0, 0.1) is 17.8 Å². The van der Waals surface area contributed by atoms with Crippen LogP contribution in [0.4, 0.5) is 4.79 Å². The second-order valence-electron chi connectivity index (χ2n) is 21.3. The lowest BCUT2D eigenvalue weighted by atomic mass is 9.97. The lowest BCUT2D eigenvalue weighted by Crippen LogP contribution is -2.65. The molecule has 2 aliphatic rings. The smallest absolute Gasteiger partial charge is 0.408 e. The highest BCUT2D eigenvalue weighted by atomic mass is 28.4. The molecule has 0 spiro atoms. The molecule has 0 aromatic heterocycles. The van der Waals surface area contributed by atoms with Gasteiger partial charge in [-0.05, 0) is 89.9 Å². The van der Waals surface area contributed by atoms with E-state index in [1.807, 2.05) is 52.1 Å². The molecule has 0 radical (unpaired) electrons. The lowest BCUT2D eigenvalue weighted by Gasteiger charge is -2.41. The van der Waals surface area contributed by atoms with Crippen molar-refractivity contribution in [1.29, 1.82) is 0 Å². The molecule has 378 valence electrons. The van der Waals surface area contributed by atoms with E-state index in [9.17, 15) is 28.8 Å². The van der Waals surface area contributed by atoms with Gasteiger partial charge in [0, 0.05) is 0 Å². The molecule has 2 saturated heterocycles. The predicted molar refractivity (Wildman–Crippen MR) is 254 cm³/mol. The molecule has 2 fully saturated rings. The van der Waals surface area contributed by atoms with E-state index in [2.05, 4.69) is 21.3 Å². The number of benzene rings is 1. The van der Waals surface area contributed by atoms with E-state index < -0.39 is 134 Å². The summed E-state index contributed by atoms with van der Waals surface area (Å²) in [5.41, 5.74) is -1.84. The monoisotopic (exact) mass is 961 g/mol. The third kappa shape index (κ3) is 13.6. The summed E-state index contributed by atoms with van der Waals surface area (Å²) >= 11 is 0. The molecule has 2 heterocycles. The molecule has 0 saturated carbocycles. The lowest BCUT2D eigenvalue weighted by molar-refractivity contribution is -0.160. The summed E-state index contributed by atoms with van der Waals surface area (Å²) in [5.74, 6) is -5.46. The SMILES string of the molecule is COC(=O)[C@@H]1[C@@H](C)OC(C)(C)N1C(=O)[C@@H](NC(=O)[C@@H]1[C@@H](C)OC(C)(C)N1C(=O)[C@@H](NC(=O)[C@@H](NC(=O)[C@@H](NC(=O)OCc1ccccc1)C(C)C)[C@@H](C)O[Si](C)(C)C(C)(C)C)C(C)C)C(C)C. The second kappa shape index (κ2) is 22.2. The summed E-state index contributed by atoms with van der Waals surface area (Å²) in [6.07, 6.45) is -3.30. The highest BCUT2D eigenvalue weighted by molar-refractivity contribution is 6.74. The van der Waals surface area contributed by atoms with Gasteiger partial charge in [0.2, 0.25) is 29.5 Å². The number of alkyl carbamates (subject to hydrolysis) is 1. The second-order valence-corrected chi connectivity index (χ2v) is 26.1. The van der Waals surface area contributed by atoms with Crippen LogP contribution < -0.4 is 21.3 Å². The number of esters is 1. The molecule has 0 bridgehead atoms. The molecule has 67 heavy (non-hydrogen) atoms. The zero-order valence-electron chi connectivity index (χ0n) is 43.3. The molecule has 9 atom stereocenters. The van der Waals surface area contributed by atoms with Gasteiger partial charge in [0.25, 0.3) is 0 Å². The van der Waals surface area contributed by atoms with Crippen LogP contribution in [0.15, 0.2) is 30.3 Å². The van der Waals surface area contributed by atoms with Gasteiger partial charge in [0.15, 0.2) is 14.4 Å². The first-order chi connectivity index (χ1) is 30.7. The fourth-order valence-corrected chi connectivity index (χ4v) is 9.80. The molecule has 4 N–H and O–H groups in total. The minimum Gasteiger partial charge on any atom is -0.467 e. The van der Waals surface area contributed by atoms with E-state index >= 15 is 4.79 Å². The van der Waals surface area contributed by atoms with E-state index in [4.69, 9.17) is 23.4 Å². The van der Waals surface area contributed by atoms with Crippen molar-refractivity contribution in [3.63, 3.8) is 0 Å². The first-order valence-electron chi connectivity index (χ1n) is 23.4. The topological polar surface area (TPSA) is 220 Å². The van der Waals surface area contributed by atoms with E-state index in [1.54, 1.807) is 102 Å². The Morgan fingerprint density at radius 1 is 0.672 bits per heavy atom. The van der Waals surface area contributed by atoms with Crippen molar-refractivity contribution in [2.24, 2.45) is 17.8 Å². The molecule has 3 rings (SSSR count). The van der Waals surface area contributed by atoms with Gasteiger partial charge >= 0.3 is 12.1 Å². The first-order valence-corrected chi connectivity index (χ1v) is 26.3. The quantitative estimate of drug-likeness (QED) is 0.113. The summed E-state index contributed by atoms with van der Waals surface area (Å²) in [4.78, 5) is 101. The average molecular weight is 961 g/mol. The van der Waals surface area contributed by atoms with Gasteiger partial charge in [-0.2, -0.15) is 0 Å². The molecule has 1 aromatic carbocycles. The minimum absolute atomic E-state index is 0.0219. The predicted octanol–water partition coefficient (Wildman–Crippen LogP) is 4.99. The Labute approximate surface area is 399 Å². The van der Waals surface area contributed by atoms with Gasteiger partial charge in [-0.15, -0.1) is 0 Å². The molecule has 0 aliphatic carbocycles. The Hall–Kier alpha value is -4.59. The molecule has 1 aromatic rings. The number of methoxy groups -OCH3 is 1. The third-order valence-electron chi connectivity index (χ3n) is 13.0. The highest BCUT2D eigenvalue weighted by Crippen LogP contribution is 2.38. The van der Waals surface area contributed by atoms with Crippen molar-refractivity contribution >= 4 is 49.9 Å².